The first-order valence-electron chi connectivity index (χ1n) is 11.1. The molecule has 6 nitrogen and oxygen atoms in total. The van der Waals surface area contributed by atoms with E-state index in [1.165, 1.54) is 12.1 Å². The molecule has 0 unspecified atom stereocenters. The Bertz CT molecular complexity index is 1110. The zero-order chi connectivity index (χ0) is 22.7. The predicted molar refractivity (Wildman–Crippen MR) is 121 cm³/mol. The fraction of sp³-hybridized carbons (Fsp3) is 0.308. The van der Waals surface area contributed by atoms with Crippen LogP contribution in [0.4, 0.5) is 9.18 Å². The summed E-state index contributed by atoms with van der Waals surface area (Å²) in [5, 5.41) is 0. The van der Waals surface area contributed by atoms with Crippen LogP contribution in [0.1, 0.15) is 23.1 Å². The molecule has 2 saturated heterocycles. The molecule has 2 aliphatic heterocycles. The first-order chi connectivity index (χ1) is 16.1. The van der Waals surface area contributed by atoms with E-state index in [4.69, 9.17) is 9.47 Å². The molecule has 1 amide bonds. The Labute approximate surface area is 192 Å². The van der Waals surface area contributed by atoms with Gasteiger partial charge in [0.2, 0.25) is 0 Å². The summed E-state index contributed by atoms with van der Waals surface area (Å²) in [6.45, 7) is 3.67. The minimum atomic E-state index is -0.497. The Morgan fingerprint density at radius 3 is 2.67 bits per heavy atom. The van der Waals surface area contributed by atoms with E-state index < -0.39 is 5.60 Å². The summed E-state index contributed by atoms with van der Waals surface area (Å²) in [4.78, 5) is 20.7. The molecule has 3 aromatic rings. The van der Waals surface area contributed by atoms with Gasteiger partial charge in [-0.1, -0.05) is 36.4 Å². The average molecular weight is 448 g/mol. The molecule has 1 aromatic heterocycles. The van der Waals surface area contributed by atoms with E-state index in [1.54, 1.807) is 29.4 Å². The van der Waals surface area contributed by atoms with Crippen LogP contribution in [0.15, 0.2) is 73.1 Å². The van der Waals surface area contributed by atoms with Crippen LogP contribution in [0.2, 0.25) is 0 Å². The molecule has 33 heavy (non-hydrogen) atoms. The maximum atomic E-state index is 13.2. The average Bonchev–Trinajstić information content (AvgIpc) is 3.36. The minimum Gasteiger partial charge on any atom is -0.489 e. The Hall–Kier alpha value is -3.45. The maximum Gasteiger partial charge on any atom is 0.410 e. The number of pyridine rings is 1. The lowest BCUT2D eigenvalue weighted by Crippen LogP contribution is -2.37. The fourth-order valence-corrected chi connectivity index (χ4v) is 4.56. The topological polar surface area (TPSA) is 54.9 Å². The Morgan fingerprint density at radius 1 is 1.00 bits per heavy atom. The van der Waals surface area contributed by atoms with Crippen molar-refractivity contribution in [3.63, 3.8) is 0 Å². The number of ether oxygens (including phenoxy) is 2. The van der Waals surface area contributed by atoms with Crippen molar-refractivity contribution in [3.8, 4) is 5.75 Å². The minimum absolute atomic E-state index is 0.282. The number of carbonyl (C=O) groups is 1. The van der Waals surface area contributed by atoms with Crippen LogP contribution in [0.3, 0.4) is 0 Å². The molecule has 2 aromatic carbocycles. The second-order valence-electron chi connectivity index (χ2n) is 8.75. The summed E-state index contributed by atoms with van der Waals surface area (Å²) in [7, 11) is 0. The summed E-state index contributed by atoms with van der Waals surface area (Å²) in [6.07, 6.45) is 4.04. The molecule has 7 heteroatoms. The third-order valence-corrected chi connectivity index (χ3v) is 6.21. The SMILES string of the molecule is O=C1O[C@@]2(CCN(Cc3ccccc3OCc3cccnc3)C2)CN1Cc1ccc(F)cc1. The van der Waals surface area contributed by atoms with Gasteiger partial charge in [0, 0.05) is 56.1 Å². The van der Waals surface area contributed by atoms with E-state index in [-0.39, 0.29) is 11.9 Å². The zero-order valence-corrected chi connectivity index (χ0v) is 18.3. The van der Waals surface area contributed by atoms with Crippen molar-refractivity contribution in [2.45, 2.75) is 31.7 Å². The maximum absolute atomic E-state index is 13.2. The van der Waals surface area contributed by atoms with Crippen molar-refractivity contribution in [3.05, 3.63) is 95.6 Å². The van der Waals surface area contributed by atoms with Crippen LogP contribution in [0, 0.1) is 5.82 Å². The third-order valence-electron chi connectivity index (χ3n) is 6.21. The smallest absolute Gasteiger partial charge is 0.410 e. The van der Waals surface area contributed by atoms with Gasteiger partial charge in [-0.3, -0.25) is 14.8 Å². The first-order valence-corrected chi connectivity index (χ1v) is 11.1. The summed E-state index contributed by atoms with van der Waals surface area (Å²) < 4.78 is 25.1. The summed E-state index contributed by atoms with van der Waals surface area (Å²) in [6, 6.07) is 18.2. The van der Waals surface area contributed by atoms with E-state index in [2.05, 4.69) is 16.0 Å². The van der Waals surface area contributed by atoms with Crippen LogP contribution in [-0.2, 0) is 24.4 Å². The number of para-hydroxylation sites is 1. The molecular weight excluding hydrogens is 421 g/mol. The zero-order valence-electron chi connectivity index (χ0n) is 18.3. The Balaban J connectivity index is 1.20. The number of halogens is 1. The number of likely N-dealkylation sites (tertiary alicyclic amines) is 1. The van der Waals surface area contributed by atoms with Gasteiger partial charge in [-0.05, 0) is 29.8 Å². The van der Waals surface area contributed by atoms with Crippen LogP contribution >= 0.6 is 0 Å². The number of nitrogens with zero attached hydrogens (tertiary/aromatic N) is 3. The Kier molecular flexibility index (Phi) is 5.96. The Morgan fingerprint density at radius 2 is 1.85 bits per heavy atom. The van der Waals surface area contributed by atoms with E-state index in [0.717, 1.165) is 42.0 Å². The second-order valence-corrected chi connectivity index (χ2v) is 8.75. The number of benzene rings is 2. The van der Waals surface area contributed by atoms with Crippen LogP contribution < -0.4 is 4.74 Å². The van der Waals surface area contributed by atoms with Crippen molar-refractivity contribution in [1.82, 2.24) is 14.8 Å². The van der Waals surface area contributed by atoms with Crippen molar-refractivity contribution < 1.29 is 18.7 Å². The van der Waals surface area contributed by atoms with E-state index >= 15 is 0 Å². The highest BCUT2D eigenvalue weighted by molar-refractivity contribution is 5.71. The molecule has 170 valence electrons. The molecular formula is C26H26FN3O3. The first kappa shape index (κ1) is 21.4. The quantitative estimate of drug-likeness (QED) is 0.538. The molecule has 5 rings (SSSR count). The summed E-state index contributed by atoms with van der Waals surface area (Å²) in [5.74, 6) is 0.569. The molecule has 2 aliphatic rings. The van der Waals surface area contributed by atoms with Gasteiger partial charge >= 0.3 is 6.09 Å². The van der Waals surface area contributed by atoms with Gasteiger partial charge in [0.25, 0.3) is 0 Å². The highest BCUT2D eigenvalue weighted by Crippen LogP contribution is 2.34. The van der Waals surface area contributed by atoms with E-state index in [1.807, 2.05) is 30.3 Å². The monoisotopic (exact) mass is 447 g/mol. The van der Waals surface area contributed by atoms with Gasteiger partial charge < -0.3 is 9.47 Å². The van der Waals surface area contributed by atoms with Crippen LogP contribution in [0.5, 0.6) is 5.75 Å². The van der Waals surface area contributed by atoms with Gasteiger partial charge in [0.05, 0.1) is 6.54 Å². The standard InChI is InChI=1S/C26H26FN3O3/c27-23-9-7-20(8-10-23)15-30-19-26(33-25(30)31)11-13-29(18-26)16-22-5-1-2-6-24(22)32-17-21-4-3-12-28-14-21/h1-10,12,14H,11,13,15-19H2/t26-/m1/s1. The third kappa shape index (κ3) is 4.98. The molecule has 0 radical (unpaired) electrons. The number of hydrogen-bond donors (Lipinski definition) is 0. The number of amides is 1. The molecule has 0 bridgehead atoms. The molecule has 0 N–H and O–H groups in total. The number of carbonyl (C=O) groups excluding carboxylic acids is 1. The second kappa shape index (κ2) is 9.19. The van der Waals surface area contributed by atoms with Gasteiger partial charge in [-0.15, -0.1) is 0 Å². The van der Waals surface area contributed by atoms with E-state index in [0.29, 0.717) is 26.2 Å². The van der Waals surface area contributed by atoms with Crippen molar-refractivity contribution in [1.29, 1.82) is 0 Å². The highest BCUT2D eigenvalue weighted by atomic mass is 19.1. The van der Waals surface area contributed by atoms with Crippen molar-refractivity contribution >= 4 is 6.09 Å². The molecule has 1 spiro atoms. The fourth-order valence-electron chi connectivity index (χ4n) is 4.56. The molecule has 3 heterocycles. The van der Waals surface area contributed by atoms with Gasteiger partial charge in [0.1, 0.15) is 23.8 Å². The van der Waals surface area contributed by atoms with Gasteiger partial charge in [-0.2, -0.15) is 0 Å². The normalized spacial score (nSPS) is 20.4. The van der Waals surface area contributed by atoms with Crippen LogP contribution in [0.25, 0.3) is 0 Å². The van der Waals surface area contributed by atoms with Gasteiger partial charge in [-0.25, -0.2) is 9.18 Å². The van der Waals surface area contributed by atoms with E-state index in [9.17, 15) is 9.18 Å². The molecule has 0 aliphatic carbocycles. The lowest BCUT2D eigenvalue weighted by molar-refractivity contribution is 0.0625. The molecule has 1 atom stereocenters. The largest absolute Gasteiger partial charge is 0.489 e. The highest BCUT2D eigenvalue weighted by Gasteiger charge is 2.49. The summed E-state index contributed by atoms with van der Waals surface area (Å²) in [5.41, 5.74) is 2.51. The lowest BCUT2D eigenvalue weighted by Gasteiger charge is -2.23. The van der Waals surface area contributed by atoms with Crippen LogP contribution in [-0.4, -0.2) is 46.1 Å². The lowest BCUT2D eigenvalue weighted by atomic mass is 10.0. The molecule has 0 saturated carbocycles. The summed E-state index contributed by atoms with van der Waals surface area (Å²) >= 11 is 0. The number of rotatable bonds is 7. The number of hydrogen-bond acceptors (Lipinski definition) is 5. The van der Waals surface area contributed by atoms with Crippen molar-refractivity contribution in [2.75, 3.05) is 19.6 Å². The predicted octanol–water partition coefficient (Wildman–Crippen LogP) is 4.40. The van der Waals surface area contributed by atoms with Gasteiger partial charge in [0.15, 0.2) is 0 Å². The molecule has 2 fully saturated rings. The van der Waals surface area contributed by atoms with Crippen molar-refractivity contribution in [2.24, 2.45) is 0 Å². The number of aromatic nitrogens is 1.